The first-order valence-electron chi connectivity index (χ1n) is 6.66. The highest BCUT2D eigenvalue weighted by molar-refractivity contribution is 8.00. The lowest BCUT2D eigenvalue weighted by Gasteiger charge is -2.30. The van der Waals surface area contributed by atoms with E-state index < -0.39 is 5.97 Å². The number of carbonyl (C=O) groups is 2. The molecule has 0 unspecified atom stereocenters. The van der Waals surface area contributed by atoms with Crippen molar-refractivity contribution in [2.75, 3.05) is 26.4 Å². The molecule has 0 bridgehead atoms. The SMILES string of the molecule is CCC(CC)(CNC(=O)N(C)CCCC(=O)O)SC. The van der Waals surface area contributed by atoms with Gasteiger partial charge in [0.15, 0.2) is 0 Å². The van der Waals surface area contributed by atoms with E-state index in [1.807, 2.05) is 0 Å². The lowest BCUT2D eigenvalue weighted by Crippen LogP contribution is -2.45. The Labute approximate surface area is 120 Å². The summed E-state index contributed by atoms with van der Waals surface area (Å²) in [4.78, 5) is 23.8. The van der Waals surface area contributed by atoms with Gasteiger partial charge in [0, 0.05) is 31.3 Å². The number of amides is 2. The molecule has 112 valence electrons. The second-order valence-electron chi connectivity index (χ2n) is 4.67. The number of hydrogen-bond acceptors (Lipinski definition) is 3. The van der Waals surface area contributed by atoms with Crippen LogP contribution in [-0.4, -0.2) is 53.1 Å². The molecule has 0 aromatic carbocycles. The van der Waals surface area contributed by atoms with Gasteiger partial charge in [-0.2, -0.15) is 11.8 Å². The van der Waals surface area contributed by atoms with E-state index >= 15 is 0 Å². The summed E-state index contributed by atoms with van der Waals surface area (Å²) in [5, 5.41) is 11.5. The molecule has 0 spiro atoms. The summed E-state index contributed by atoms with van der Waals surface area (Å²) in [7, 11) is 1.69. The Hall–Kier alpha value is -0.910. The van der Waals surface area contributed by atoms with E-state index in [0.29, 0.717) is 19.5 Å². The van der Waals surface area contributed by atoms with Gasteiger partial charge in [0.1, 0.15) is 0 Å². The number of aliphatic carboxylic acids is 1. The topological polar surface area (TPSA) is 69.6 Å². The summed E-state index contributed by atoms with van der Waals surface area (Å²) >= 11 is 1.78. The van der Waals surface area contributed by atoms with Gasteiger partial charge in [-0.05, 0) is 25.5 Å². The molecule has 0 rings (SSSR count). The van der Waals surface area contributed by atoms with Crippen LogP contribution in [0.5, 0.6) is 0 Å². The number of rotatable bonds is 9. The molecule has 0 heterocycles. The van der Waals surface area contributed by atoms with Crippen LogP contribution < -0.4 is 5.32 Å². The third kappa shape index (κ3) is 6.71. The highest BCUT2D eigenvalue weighted by atomic mass is 32.2. The van der Waals surface area contributed by atoms with Crippen molar-refractivity contribution >= 4 is 23.8 Å². The van der Waals surface area contributed by atoms with Crippen LogP contribution >= 0.6 is 11.8 Å². The number of urea groups is 1. The van der Waals surface area contributed by atoms with E-state index in [-0.39, 0.29) is 17.2 Å². The van der Waals surface area contributed by atoms with Crippen molar-refractivity contribution in [1.29, 1.82) is 0 Å². The molecule has 19 heavy (non-hydrogen) atoms. The first-order valence-corrected chi connectivity index (χ1v) is 7.89. The Balaban J connectivity index is 4.11. The van der Waals surface area contributed by atoms with Crippen LogP contribution in [0.3, 0.4) is 0 Å². The molecular weight excluding hydrogens is 264 g/mol. The summed E-state index contributed by atoms with van der Waals surface area (Å²) in [6.45, 7) is 5.36. The van der Waals surface area contributed by atoms with E-state index in [1.54, 1.807) is 23.7 Å². The summed E-state index contributed by atoms with van der Waals surface area (Å²) in [5.41, 5.74) is 0. The smallest absolute Gasteiger partial charge is 0.317 e. The van der Waals surface area contributed by atoms with Crippen molar-refractivity contribution < 1.29 is 14.7 Å². The predicted molar refractivity (Wildman–Crippen MR) is 79.7 cm³/mol. The number of nitrogens with zero attached hydrogens (tertiary/aromatic N) is 1. The average Bonchev–Trinajstić information content (AvgIpc) is 2.40. The summed E-state index contributed by atoms with van der Waals surface area (Å²) in [6.07, 6.45) is 4.65. The normalized spacial score (nSPS) is 11.2. The Kier molecular flexibility index (Phi) is 8.63. The van der Waals surface area contributed by atoms with Gasteiger partial charge < -0.3 is 15.3 Å². The maximum absolute atomic E-state index is 11.9. The van der Waals surface area contributed by atoms with Crippen molar-refractivity contribution in [2.24, 2.45) is 0 Å². The van der Waals surface area contributed by atoms with Crippen molar-refractivity contribution in [1.82, 2.24) is 10.2 Å². The second kappa shape index (κ2) is 9.07. The molecule has 0 fully saturated rings. The molecule has 0 atom stereocenters. The van der Waals surface area contributed by atoms with Gasteiger partial charge in [-0.1, -0.05) is 13.8 Å². The van der Waals surface area contributed by atoms with E-state index in [2.05, 4.69) is 25.4 Å². The van der Waals surface area contributed by atoms with Crippen molar-refractivity contribution in [3.05, 3.63) is 0 Å². The van der Waals surface area contributed by atoms with Crippen LogP contribution in [0, 0.1) is 0 Å². The maximum Gasteiger partial charge on any atom is 0.317 e. The zero-order chi connectivity index (χ0) is 14.9. The zero-order valence-corrected chi connectivity index (χ0v) is 13.2. The molecule has 0 saturated heterocycles. The molecule has 0 aliphatic heterocycles. The van der Waals surface area contributed by atoms with Gasteiger partial charge in [0.25, 0.3) is 0 Å². The molecule has 5 nitrogen and oxygen atoms in total. The minimum Gasteiger partial charge on any atom is -0.481 e. The molecule has 0 aromatic rings. The average molecular weight is 290 g/mol. The number of hydrogen-bond donors (Lipinski definition) is 2. The summed E-state index contributed by atoms with van der Waals surface area (Å²) in [5.74, 6) is -0.827. The molecule has 6 heteroatoms. The maximum atomic E-state index is 11.9. The standard InChI is InChI=1S/C13H26N2O3S/c1-5-13(6-2,19-4)10-14-12(18)15(3)9-7-8-11(16)17/h5-10H2,1-4H3,(H,14,18)(H,16,17). The third-order valence-electron chi connectivity index (χ3n) is 3.51. The first kappa shape index (κ1) is 18.1. The minimum absolute atomic E-state index is 0.0935. The van der Waals surface area contributed by atoms with Crippen LogP contribution in [0.25, 0.3) is 0 Å². The lowest BCUT2D eigenvalue weighted by atomic mass is 10.0. The van der Waals surface area contributed by atoms with Gasteiger partial charge in [-0.25, -0.2) is 4.79 Å². The lowest BCUT2D eigenvalue weighted by molar-refractivity contribution is -0.137. The van der Waals surface area contributed by atoms with E-state index in [0.717, 1.165) is 12.8 Å². The fourth-order valence-corrected chi connectivity index (χ4v) is 2.60. The van der Waals surface area contributed by atoms with Gasteiger partial charge in [-0.15, -0.1) is 0 Å². The quantitative estimate of drug-likeness (QED) is 0.684. The molecule has 0 aliphatic carbocycles. The van der Waals surface area contributed by atoms with Gasteiger partial charge in [-0.3, -0.25) is 4.79 Å². The predicted octanol–water partition coefficient (Wildman–Crippen LogP) is 2.41. The number of carboxylic acids is 1. The molecule has 0 radical (unpaired) electrons. The van der Waals surface area contributed by atoms with Gasteiger partial charge >= 0.3 is 12.0 Å². The van der Waals surface area contributed by atoms with Crippen molar-refractivity contribution in [3.63, 3.8) is 0 Å². The third-order valence-corrected chi connectivity index (χ3v) is 5.10. The van der Waals surface area contributed by atoms with Crippen LogP contribution in [-0.2, 0) is 4.79 Å². The molecule has 0 aromatic heterocycles. The number of thioether (sulfide) groups is 1. The number of carbonyl (C=O) groups excluding carboxylic acids is 1. The molecular formula is C13H26N2O3S. The van der Waals surface area contributed by atoms with Crippen LogP contribution in [0.1, 0.15) is 39.5 Å². The van der Waals surface area contributed by atoms with Gasteiger partial charge in [0.05, 0.1) is 0 Å². The van der Waals surface area contributed by atoms with Crippen molar-refractivity contribution in [3.8, 4) is 0 Å². The van der Waals surface area contributed by atoms with E-state index in [4.69, 9.17) is 5.11 Å². The Morgan fingerprint density at radius 3 is 2.32 bits per heavy atom. The van der Waals surface area contributed by atoms with Gasteiger partial charge in [0.2, 0.25) is 0 Å². The van der Waals surface area contributed by atoms with Crippen LogP contribution in [0.2, 0.25) is 0 Å². The molecule has 0 aliphatic rings. The van der Waals surface area contributed by atoms with E-state index in [9.17, 15) is 9.59 Å². The Morgan fingerprint density at radius 1 is 1.32 bits per heavy atom. The Morgan fingerprint density at radius 2 is 1.89 bits per heavy atom. The molecule has 0 saturated carbocycles. The number of carboxylic acid groups (broad SMARTS) is 1. The summed E-state index contributed by atoms with van der Waals surface area (Å²) < 4.78 is 0.0948. The first-order chi connectivity index (χ1) is 8.90. The number of nitrogens with one attached hydrogen (secondary N) is 1. The Bertz CT molecular complexity index is 285. The van der Waals surface area contributed by atoms with Crippen molar-refractivity contribution in [2.45, 2.75) is 44.3 Å². The highest BCUT2D eigenvalue weighted by Gasteiger charge is 2.25. The van der Waals surface area contributed by atoms with Crippen LogP contribution in [0.15, 0.2) is 0 Å². The monoisotopic (exact) mass is 290 g/mol. The highest BCUT2D eigenvalue weighted by Crippen LogP contribution is 2.29. The molecule has 2 N–H and O–H groups in total. The van der Waals surface area contributed by atoms with E-state index in [1.165, 1.54) is 0 Å². The largest absolute Gasteiger partial charge is 0.481 e. The molecule has 2 amide bonds. The zero-order valence-electron chi connectivity index (χ0n) is 12.4. The fraction of sp³-hybridized carbons (Fsp3) is 0.846. The van der Waals surface area contributed by atoms with Crippen LogP contribution in [0.4, 0.5) is 4.79 Å². The summed E-state index contributed by atoms with van der Waals surface area (Å²) in [6, 6.07) is -0.134. The second-order valence-corrected chi connectivity index (χ2v) is 5.95. The fourth-order valence-electron chi connectivity index (χ4n) is 1.80. The minimum atomic E-state index is -0.827.